The molecule has 1 heterocycles. The number of aryl methyl sites for hydroxylation is 2. The van der Waals surface area contributed by atoms with Crippen molar-refractivity contribution in [2.75, 3.05) is 5.32 Å². The maximum atomic E-state index is 11.9. The third kappa shape index (κ3) is 2.50. The molecule has 0 unspecified atom stereocenters. The summed E-state index contributed by atoms with van der Waals surface area (Å²) in [5.74, 6) is -0.0908. The fraction of sp³-hybridized carbons (Fsp3) is 0.154. The van der Waals surface area contributed by atoms with Crippen molar-refractivity contribution in [3.8, 4) is 0 Å². The summed E-state index contributed by atoms with van der Waals surface area (Å²) >= 11 is 5.62. The quantitative estimate of drug-likeness (QED) is 0.880. The van der Waals surface area contributed by atoms with Gasteiger partial charge in [-0.05, 0) is 48.7 Å². The number of benzene rings is 1. The second-order valence-electron chi connectivity index (χ2n) is 3.82. The van der Waals surface area contributed by atoms with Crippen LogP contribution in [-0.2, 0) is 0 Å². The average molecular weight is 250 g/mol. The number of hydrogen-bond donors (Lipinski definition) is 1. The highest BCUT2D eigenvalue weighted by molar-refractivity contribution is 6.29. The number of amides is 1. The number of furan rings is 1. The van der Waals surface area contributed by atoms with Crippen LogP contribution in [0.4, 0.5) is 5.69 Å². The number of rotatable bonds is 2. The molecule has 1 aromatic carbocycles. The van der Waals surface area contributed by atoms with Gasteiger partial charge in [-0.15, -0.1) is 0 Å². The lowest BCUT2D eigenvalue weighted by Crippen LogP contribution is -2.12. The normalized spacial score (nSPS) is 10.3. The van der Waals surface area contributed by atoms with E-state index in [4.69, 9.17) is 16.0 Å². The van der Waals surface area contributed by atoms with Crippen molar-refractivity contribution in [3.05, 3.63) is 52.4 Å². The monoisotopic (exact) mass is 249 g/mol. The van der Waals surface area contributed by atoms with Crippen LogP contribution in [0.15, 0.2) is 34.7 Å². The van der Waals surface area contributed by atoms with E-state index >= 15 is 0 Å². The largest absolute Gasteiger partial charge is 0.440 e. The molecule has 0 radical (unpaired) electrons. The van der Waals surface area contributed by atoms with Gasteiger partial charge in [-0.1, -0.05) is 18.2 Å². The van der Waals surface area contributed by atoms with Gasteiger partial charge in [0.05, 0.1) is 0 Å². The maximum absolute atomic E-state index is 11.9. The molecule has 0 spiro atoms. The Bertz CT molecular complexity index is 540. The molecule has 88 valence electrons. The van der Waals surface area contributed by atoms with E-state index in [1.54, 1.807) is 12.1 Å². The molecular formula is C13H12ClNO2. The molecule has 2 rings (SSSR count). The molecule has 0 aliphatic rings. The van der Waals surface area contributed by atoms with E-state index < -0.39 is 0 Å². The van der Waals surface area contributed by atoms with E-state index in [1.165, 1.54) is 0 Å². The first-order valence-electron chi connectivity index (χ1n) is 5.21. The summed E-state index contributed by atoms with van der Waals surface area (Å²) in [5.41, 5.74) is 2.83. The van der Waals surface area contributed by atoms with E-state index in [0.29, 0.717) is 0 Å². The summed E-state index contributed by atoms with van der Waals surface area (Å²) in [6.07, 6.45) is 0. The first-order valence-corrected chi connectivity index (χ1v) is 5.58. The highest BCUT2D eigenvalue weighted by Crippen LogP contribution is 2.21. The minimum atomic E-state index is -0.297. The van der Waals surface area contributed by atoms with E-state index in [1.807, 2.05) is 32.0 Å². The van der Waals surface area contributed by atoms with Crippen LogP contribution >= 0.6 is 11.6 Å². The van der Waals surface area contributed by atoms with Gasteiger partial charge in [0, 0.05) is 5.69 Å². The van der Waals surface area contributed by atoms with Crippen LogP contribution < -0.4 is 5.32 Å². The van der Waals surface area contributed by atoms with E-state index in [0.717, 1.165) is 16.8 Å². The predicted molar refractivity (Wildman–Crippen MR) is 67.6 cm³/mol. The summed E-state index contributed by atoms with van der Waals surface area (Å²) in [6, 6.07) is 8.92. The number of halogens is 1. The zero-order valence-electron chi connectivity index (χ0n) is 9.58. The Labute approximate surface area is 104 Å². The lowest BCUT2D eigenvalue weighted by Gasteiger charge is -2.09. The highest BCUT2D eigenvalue weighted by atomic mass is 35.5. The topological polar surface area (TPSA) is 42.2 Å². The summed E-state index contributed by atoms with van der Waals surface area (Å²) in [6.45, 7) is 3.88. The van der Waals surface area contributed by atoms with Crippen molar-refractivity contribution in [3.63, 3.8) is 0 Å². The van der Waals surface area contributed by atoms with Crippen molar-refractivity contribution < 1.29 is 9.21 Å². The van der Waals surface area contributed by atoms with E-state index in [9.17, 15) is 4.79 Å². The first-order chi connectivity index (χ1) is 8.08. The van der Waals surface area contributed by atoms with Crippen molar-refractivity contribution >= 4 is 23.2 Å². The van der Waals surface area contributed by atoms with Crippen LogP contribution in [0, 0.1) is 13.8 Å². The molecule has 2 aromatic rings. The molecule has 0 atom stereocenters. The molecule has 4 heteroatoms. The van der Waals surface area contributed by atoms with E-state index in [2.05, 4.69) is 5.32 Å². The maximum Gasteiger partial charge on any atom is 0.291 e. The summed E-state index contributed by atoms with van der Waals surface area (Å²) in [5, 5.41) is 3.02. The number of hydrogen-bond acceptors (Lipinski definition) is 2. The smallest absolute Gasteiger partial charge is 0.291 e. The predicted octanol–water partition coefficient (Wildman–Crippen LogP) is 3.80. The molecule has 3 nitrogen and oxygen atoms in total. The Hall–Kier alpha value is -1.74. The molecule has 0 aliphatic carbocycles. The number of anilines is 1. The molecule has 0 bridgehead atoms. The van der Waals surface area contributed by atoms with Gasteiger partial charge in [0.2, 0.25) is 0 Å². The van der Waals surface area contributed by atoms with Crippen LogP contribution in [0.25, 0.3) is 0 Å². The van der Waals surface area contributed by atoms with Gasteiger partial charge in [0.15, 0.2) is 11.0 Å². The van der Waals surface area contributed by atoms with E-state index in [-0.39, 0.29) is 16.9 Å². The van der Waals surface area contributed by atoms with Crippen LogP contribution in [0.1, 0.15) is 21.7 Å². The Morgan fingerprint density at radius 3 is 2.35 bits per heavy atom. The third-order valence-corrected chi connectivity index (χ3v) is 2.72. The molecule has 0 saturated heterocycles. The molecule has 0 aliphatic heterocycles. The zero-order valence-corrected chi connectivity index (χ0v) is 10.3. The average Bonchev–Trinajstić information content (AvgIpc) is 2.70. The Kier molecular flexibility index (Phi) is 3.20. The fourth-order valence-electron chi connectivity index (χ4n) is 1.62. The van der Waals surface area contributed by atoms with Crippen LogP contribution in [-0.4, -0.2) is 5.91 Å². The minimum Gasteiger partial charge on any atom is -0.440 e. The standard InChI is InChI=1S/C13H12ClNO2/c1-8-4-3-5-9(2)12(8)15-13(16)10-6-7-11(14)17-10/h3-7H,1-2H3,(H,15,16). The third-order valence-electron chi connectivity index (χ3n) is 2.52. The number of nitrogens with one attached hydrogen (secondary N) is 1. The van der Waals surface area contributed by atoms with Gasteiger partial charge in [0.1, 0.15) is 0 Å². The summed E-state index contributed by atoms with van der Waals surface area (Å²) in [7, 11) is 0. The molecule has 1 amide bonds. The molecule has 1 aromatic heterocycles. The van der Waals surface area contributed by atoms with Gasteiger partial charge in [-0.25, -0.2) is 0 Å². The molecule has 1 N–H and O–H groups in total. The van der Waals surface area contributed by atoms with Gasteiger partial charge < -0.3 is 9.73 Å². The van der Waals surface area contributed by atoms with Gasteiger partial charge >= 0.3 is 0 Å². The fourth-order valence-corrected chi connectivity index (χ4v) is 1.77. The summed E-state index contributed by atoms with van der Waals surface area (Å²) in [4.78, 5) is 11.9. The lowest BCUT2D eigenvalue weighted by atomic mass is 10.1. The Morgan fingerprint density at radius 1 is 1.18 bits per heavy atom. The lowest BCUT2D eigenvalue weighted by molar-refractivity contribution is 0.0996. The van der Waals surface area contributed by atoms with Crippen LogP contribution in [0.2, 0.25) is 5.22 Å². The number of para-hydroxylation sites is 1. The highest BCUT2D eigenvalue weighted by Gasteiger charge is 2.12. The van der Waals surface area contributed by atoms with Crippen LogP contribution in [0.5, 0.6) is 0 Å². The Balaban J connectivity index is 2.24. The zero-order chi connectivity index (χ0) is 12.4. The van der Waals surface area contributed by atoms with Crippen molar-refractivity contribution in [1.82, 2.24) is 0 Å². The Morgan fingerprint density at radius 2 is 1.82 bits per heavy atom. The SMILES string of the molecule is Cc1cccc(C)c1NC(=O)c1ccc(Cl)o1. The molecular weight excluding hydrogens is 238 g/mol. The molecule has 0 saturated carbocycles. The minimum absolute atomic E-state index is 0.205. The molecule has 0 fully saturated rings. The number of carbonyl (C=O) groups excluding carboxylic acids is 1. The number of carbonyl (C=O) groups is 1. The van der Waals surface area contributed by atoms with Crippen molar-refractivity contribution in [1.29, 1.82) is 0 Å². The second-order valence-corrected chi connectivity index (χ2v) is 4.20. The summed E-state index contributed by atoms with van der Waals surface area (Å²) < 4.78 is 5.05. The first kappa shape index (κ1) is 11.7. The van der Waals surface area contributed by atoms with Gasteiger partial charge in [-0.3, -0.25) is 4.79 Å². The van der Waals surface area contributed by atoms with Crippen LogP contribution in [0.3, 0.4) is 0 Å². The van der Waals surface area contributed by atoms with Gasteiger partial charge in [0.25, 0.3) is 5.91 Å². The van der Waals surface area contributed by atoms with Crippen molar-refractivity contribution in [2.45, 2.75) is 13.8 Å². The molecule has 17 heavy (non-hydrogen) atoms. The van der Waals surface area contributed by atoms with Crippen molar-refractivity contribution in [2.24, 2.45) is 0 Å². The van der Waals surface area contributed by atoms with Gasteiger partial charge in [-0.2, -0.15) is 0 Å². The second kappa shape index (κ2) is 4.63.